The third-order valence-corrected chi connectivity index (χ3v) is 3.37. The Bertz CT molecular complexity index is 252. The molecule has 1 aromatic rings. The van der Waals surface area contributed by atoms with Gasteiger partial charge in [0.2, 0.25) is 0 Å². The Morgan fingerprint density at radius 2 is 2.38 bits per heavy atom. The Labute approximate surface area is 102 Å². The van der Waals surface area contributed by atoms with Gasteiger partial charge in [0.15, 0.2) is 0 Å². The number of hydrogen-bond donors (Lipinski definition) is 2. The van der Waals surface area contributed by atoms with Crippen LogP contribution in [0, 0.1) is 0 Å². The highest BCUT2D eigenvalue weighted by atomic mass is 32.1. The van der Waals surface area contributed by atoms with E-state index in [4.69, 9.17) is 10.6 Å². The fraction of sp³-hybridized carbons (Fsp3) is 0.667. The molecule has 0 fully saturated rings. The maximum Gasteiger partial charge on any atom is 0.0466 e. The third kappa shape index (κ3) is 5.61. The molecule has 1 atom stereocenters. The minimum absolute atomic E-state index is 0.403. The standard InChI is InChI=1S/C12H22N2OS/c1-2-15-8-3-4-12(14-13)6-5-11-7-9-16-10-11/h7,9-10,12,14H,2-6,8,13H2,1H3. The molecule has 1 unspecified atom stereocenters. The number of ether oxygens (including phenoxy) is 1. The maximum absolute atomic E-state index is 5.54. The Morgan fingerprint density at radius 3 is 3.00 bits per heavy atom. The van der Waals surface area contributed by atoms with Gasteiger partial charge in [-0.15, -0.1) is 0 Å². The fourth-order valence-electron chi connectivity index (χ4n) is 1.66. The largest absolute Gasteiger partial charge is 0.382 e. The first-order chi connectivity index (χ1) is 7.86. The van der Waals surface area contributed by atoms with E-state index in [0.717, 1.165) is 38.9 Å². The van der Waals surface area contributed by atoms with Crippen LogP contribution >= 0.6 is 11.3 Å². The molecular formula is C12H22N2OS. The molecule has 0 aliphatic rings. The van der Waals surface area contributed by atoms with Crippen molar-refractivity contribution >= 4 is 11.3 Å². The SMILES string of the molecule is CCOCCCC(CCc1ccsc1)NN. The number of nitrogens with one attached hydrogen (secondary N) is 1. The first kappa shape index (κ1) is 13.6. The van der Waals surface area contributed by atoms with Crippen molar-refractivity contribution in [1.29, 1.82) is 0 Å². The molecular weight excluding hydrogens is 220 g/mol. The summed E-state index contributed by atoms with van der Waals surface area (Å²) in [5.74, 6) is 5.54. The second kappa shape index (κ2) is 8.70. The smallest absolute Gasteiger partial charge is 0.0466 e. The van der Waals surface area contributed by atoms with E-state index in [1.165, 1.54) is 5.56 Å². The average Bonchev–Trinajstić information content (AvgIpc) is 2.81. The summed E-state index contributed by atoms with van der Waals surface area (Å²) in [4.78, 5) is 0. The third-order valence-electron chi connectivity index (χ3n) is 2.64. The van der Waals surface area contributed by atoms with Gasteiger partial charge in [-0.1, -0.05) is 0 Å². The van der Waals surface area contributed by atoms with E-state index >= 15 is 0 Å². The van der Waals surface area contributed by atoms with Crippen molar-refractivity contribution in [3.05, 3.63) is 22.4 Å². The topological polar surface area (TPSA) is 47.3 Å². The molecule has 0 bridgehead atoms. The van der Waals surface area contributed by atoms with Crippen molar-refractivity contribution in [2.75, 3.05) is 13.2 Å². The summed E-state index contributed by atoms with van der Waals surface area (Å²) < 4.78 is 5.31. The number of aryl methyl sites for hydroxylation is 1. The molecule has 1 heterocycles. The van der Waals surface area contributed by atoms with Crippen LogP contribution in [0.2, 0.25) is 0 Å². The summed E-state index contributed by atoms with van der Waals surface area (Å²) in [6.45, 7) is 3.66. The summed E-state index contributed by atoms with van der Waals surface area (Å²) in [6, 6.07) is 2.58. The first-order valence-corrected chi connectivity index (χ1v) is 6.86. The molecule has 3 N–H and O–H groups in total. The summed E-state index contributed by atoms with van der Waals surface area (Å²) in [5, 5.41) is 4.32. The lowest BCUT2D eigenvalue weighted by atomic mass is 10.0. The van der Waals surface area contributed by atoms with Gasteiger partial charge in [0.05, 0.1) is 0 Å². The van der Waals surface area contributed by atoms with Gasteiger partial charge >= 0.3 is 0 Å². The van der Waals surface area contributed by atoms with Gasteiger partial charge in [-0.2, -0.15) is 11.3 Å². The molecule has 0 aliphatic carbocycles. The van der Waals surface area contributed by atoms with Crippen molar-refractivity contribution in [2.45, 2.75) is 38.6 Å². The van der Waals surface area contributed by atoms with Crippen LogP contribution in [0.5, 0.6) is 0 Å². The van der Waals surface area contributed by atoms with Crippen molar-refractivity contribution in [3.8, 4) is 0 Å². The Hall–Kier alpha value is -0.420. The summed E-state index contributed by atoms with van der Waals surface area (Å²) in [7, 11) is 0. The number of rotatable bonds is 9. The highest BCUT2D eigenvalue weighted by molar-refractivity contribution is 7.07. The quantitative estimate of drug-likeness (QED) is 0.397. The zero-order valence-corrected chi connectivity index (χ0v) is 10.8. The van der Waals surface area contributed by atoms with Crippen LogP contribution in [-0.4, -0.2) is 19.3 Å². The van der Waals surface area contributed by atoms with Crippen LogP contribution < -0.4 is 11.3 Å². The second-order valence-electron chi connectivity index (χ2n) is 3.87. The average molecular weight is 242 g/mol. The lowest BCUT2D eigenvalue weighted by molar-refractivity contribution is 0.140. The summed E-state index contributed by atoms with van der Waals surface area (Å²) in [5.41, 5.74) is 4.30. The number of hydrazine groups is 1. The predicted octanol–water partition coefficient (Wildman–Crippen LogP) is 2.33. The number of hydrogen-bond acceptors (Lipinski definition) is 4. The molecule has 3 nitrogen and oxygen atoms in total. The van der Waals surface area contributed by atoms with Gasteiger partial charge in [0.25, 0.3) is 0 Å². The molecule has 0 radical (unpaired) electrons. The van der Waals surface area contributed by atoms with E-state index in [-0.39, 0.29) is 0 Å². The highest BCUT2D eigenvalue weighted by Crippen LogP contribution is 2.11. The Balaban J connectivity index is 2.11. The van der Waals surface area contributed by atoms with E-state index in [1.807, 2.05) is 6.92 Å². The van der Waals surface area contributed by atoms with Crippen molar-refractivity contribution in [3.63, 3.8) is 0 Å². The maximum atomic E-state index is 5.54. The normalized spacial score (nSPS) is 12.9. The van der Waals surface area contributed by atoms with Crippen molar-refractivity contribution in [2.24, 2.45) is 5.84 Å². The van der Waals surface area contributed by atoms with Gasteiger partial charge in [-0.25, -0.2) is 0 Å². The van der Waals surface area contributed by atoms with Crippen LogP contribution in [0.3, 0.4) is 0 Å². The molecule has 1 rings (SSSR count). The van der Waals surface area contributed by atoms with Gasteiger partial charge in [-0.3, -0.25) is 11.3 Å². The molecule has 0 saturated carbocycles. The predicted molar refractivity (Wildman–Crippen MR) is 69.5 cm³/mol. The van der Waals surface area contributed by atoms with Crippen molar-refractivity contribution in [1.82, 2.24) is 5.43 Å². The van der Waals surface area contributed by atoms with E-state index in [0.29, 0.717) is 6.04 Å². The van der Waals surface area contributed by atoms with E-state index in [1.54, 1.807) is 11.3 Å². The second-order valence-corrected chi connectivity index (χ2v) is 4.65. The monoisotopic (exact) mass is 242 g/mol. The first-order valence-electron chi connectivity index (χ1n) is 5.91. The molecule has 92 valence electrons. The Morgan fingerprint density at radius 1 is 1.50 bits per heavy atom. The minimum atomic E-state index is 0.403. The molecule has 0 aliphatic heterocycles. The zero-order chi connectivity index (χ0) is 11.6. The van der Waals surface area contributed by atoms with Gasteiger partial charge in [0, 0.05) is 19.3 Å². The van der Waals surface area contributed by atoms with Crippen molar-refractivity contribution < 1.29 is 4.74 Å². The lowest BCUT2D eigenvalue weighted by Crippen LogP contribution is -2.35. The molecule has 0 aromatic carbocycles. The van der Waals surface area contributed by atoms with Crippen LogP contribution in [0.1, 0.15) is 31.7 Å². The molecule has 0 saturated heterocycles. The zero-order valence-electron chi connectivity index (χ0n) is 9.95. The number of nitrogens with two attached hydrogens (primary N) is 1. The highest BCUT2D eigenvalue weighted by Gasteiger charge is 2.06. The Kier molecular flexibility index (Phi) is 7.42. The lowest BCUT2D eigenvalue weighted by Gasteiger charge is -2.15. The molecule has 0 spiro atoms. The number of thiophene rings is 1. The molecule has 16 heavy (non-hydrogen) atoms. The van der Waals surface area contributed by atoms with Crippen LogP contribution in [0.15, 0.2) is 16.8 Å². The fourth-order valence-corrected chi connectivity index (χ4v) is 2.37. The van der Waals surface area contributed by atoms with Gasteiger partial charge in [0.1, 0.15) is 0 Å². The van der Waals surface area contributed by atoms with E-state index in [2.05, 4.69) is 22.3 Å². The van der Waals surface area contributed by atoms with Crippen LogP contribution in [0.25, 0.3) is 0 Å². The van der Waals surface area contributed by atoms with E-state index < -0.39 is 0 Å². The molecule has 1 aromatic heterocycles. The molecule has 4 heteroatoms. The van der Waals surface area contributed by atoms with Crippen LogP contribution in [-0.2, 0) is 11.2 Å². The minimum Gasteiger partial charge on any atom is -0.382 e. The van der Waals surface area contributed by atoms with Gasteiger partial charge in [-0.05, 0) is 55.0 Å². The summed E-state index contributed by atoms with van der Waals surface area (Å²) in [6.07, 6.45) is 4.36. The van der Waals surface area contributed by atoms with E-state index in [9.17, 15) is 0 Å². The van der Waals surface area contributed by atoms with Gasteiger partial charge < -0.3 is 4.74 Å². The van der Waals surface area contributed by atoms with Crippen LogP contribution in [0.4, 0.5) is 0 Å². The summed E-state index contributed by atoms with van der Waals surface area (Å²) >= 11 is 1.75. The molecule has 0 amide bonds.